The van der Waals surface area contributed by atoms with E-state index in [1.807, 2.05) is 0 Å². The van der Waals surface area contributed by atoms with E-state index in [0.717, 1.165) is 6.20 Å². The zero-order chi connectivity index (χ0) is 12.3. The lowest BCUT2D eigenvalue weighted by Crippen LogP contribution is -2.32. The second-order valence-corrected chi connectivity index (χ2v) is 3.40. The number of aromatic nitrogens is 1. The first-order valence-electron chi connectivity index (χ1n) is 4.93. The zero-order valence-electron chi connectivity index (χ0n) is 8.74. The Balaban J connectivity index is 2.07. The van der Waals surface area contributed by atoms with Gasteiger partial charge in [0.2, 0.25) is 5.91 Å². The summed E-state index contributed by atoms with van der Waals surface area (Å²) in [6, 6.07) is 1.34. The fourth-order valence-corrected chi connectivity index (χ4v) is 1.31. The summed E-state index contributed by atoms with van der Waals surface area (Å²) in [5.74, 6) is -1.40. The molecule has 7 heteroatoms. The summed E-state index contributed by atoms with van der Waals surface area (Å²) < 4.78 is 13.2. The zero-order valence-corrected chi connectivity index (χ0v) is 8.74. The molecule has 6 nitrogen and oxygen atoms in total. The Morgan fingerprint density at radius 3 is 2.94 bits per heavy atom. The van der Waals surface area contributed by atoms with Gasteiger partial charge in [-0.3, -0.25) is 14.6 Å². The van der Waals surface area contributed by atoms with Crippen molar-refractivity contribution >= 4 is 23.2 Å². The number of hydrogen-bond donors (Lipinski definition) is 2. The average molecular weight is 236 g/mol. The van der Waals surface area contributed by atoms with Gasteiger partial charge in [-0.15, -0.1) is 0 Å². The van der Waals surface area contributed by atoms with Gasteiger partial charge in [-0.2, -0.15) is 5.10 Å². The number of hydrazone groups is 1. The van der Waals surface area contributed by atoms with Crippen LogP contribution in [0.2, 0.25) is 0 Å². The van der Waals surface area contributed by atoms with Gasteiger partial charge in [0.25, 0.3) is 5.91 Å². The van der Waals surface area contributed by atoms with E-state index in [2.05, 4.69) is 20.8 Å². The third-order valence-corrected chi connectivity index (χ3v) is 2.19. The maximum atomic E-state index is 13.2. The quantitative estimate of drug-likeness (QED) is 0.780. The van der Waals surface area contributed by atoms with E-state index in [9.17, 15) is 14.0 Å². The summed E-state index contributed by atoms with van der Waals surface area (Å²) in [4.78, 5) is 26.0. The summed E-state index contributed by atoms with van der Waals surface area (Å²) >= 11 is 0. The number of anilines is 1. The molecule has 0 bridgehead atoms. The molecule has 2 amide bonds. The Morgan fingerprint density at radius 2 is 2.29 bits per heavy atom. The fourth-order valence-electron chi connectivity index (χ4n) is 1.31. The maximum Gasteiger partial charge on any atom is 0.271 e. The largest absolute Gasteiger partial charge is 0.318 e. The van der Waals surface area contributed by atoms with Crippen LogP contribution in [-0.4, -0.2) is 22.5 Å². The number of carbonyl (C=O) groups is 2. The molecule has 88 valence electrons. The number of nitrogens with one attached hydrogen (secondary N) is 2. The minimum absolute atomic E-state index is 0.0320. The van der Waals surface area contributed by atoms with E-state index in [-0.39, 0.29) is 30.1 Å². The molecule has 1 aromatic rings. The standard InChI is InChI=1S/C10H9FN4O2/c11-6-5-12-4-3-7(6)13-10(17)8-1-2-9(16)15-14-8/h3-5H,1-2H2,(H,15,16)(H,12,13,17). The monoisotopic (exact) mass is 236 g/mol. The first kappa shape index (κ1) is 11.2. The highest BCUT2D eigenvalue weighted by molar-refractivity contribution is 6.43. The summed E-state index contributed by atoms with van der Waals surface area (Å²) in [5.41, 5.74) is 2.39. The molecular formula is C10H9FN4O2. The SMILES string of the molecule is O=C1CCC(C(=O)Nc2ccncc2F)=NN1. The van der Waals surface area contributed by atoms with Crippen LogP contribution in [0.3, 0.4) is 0 Å². The van der Waals surface area contributed by atoms with E-state index >= 15 is 0 Å². The molecule has 0 fully saturated rings. The lowest BCUT2D eigenvalue weighted by Gasteiger charge is -2.12. The van der Waals surface area contributed by atoms with E-state index in [1.54, 1.807) is 0 Å². The molecule has 0 aromatic carbocycles. The fraction of sp³-hybridized carbons (Fsp3) is 0.200. The van der Waals surface area contributed by atoms with Crippen molar-refractivity contribution in [2.75, 3.05) is 5.32 Å². The van der Waals surface area contributed by atoms with Crippen LogP contribution in [-0.2, 0) is 9.59 Å². The van der Waals surface area contributed by atoms with Crippen LogP contribution < -0.4 is 10.7 Å². The molecule has 0 unspecified atom stereocenters. The Hall–Kier alpha value is -2.31. The lowest BCUT2D eigenvalue weighted by atomic mass is 10.1. The highest BCUT2D eigenvalue weighted by atomic mass is 19.1. The van der Waals surface area contributed by atoms with Gasteiger partial charge in [0, 0.05) is 19.0 Å². The molecule has 0 spiro atoms. The normalized spacial score (nSPS) is 14.9. The summed E-state index contributed by atoms with van der Waals surface area (Å²) in [6.07, 6.45) is 2.80. The van der Waals surface area contributed by atoms with Crippen molar-refractivity contribution in [2.24, 2.45) is 5.10 Å². The van der Waals surface area contributed by atoms with E-state index < -0.39 is 11.7 Å². The van der Waals surface area contributed by atoms with Crippen LogP contribution in [0.25, 0.3) is 0 Å². The van der Waals surface area contributed by atoms with Crippen LogP contribution in [0.4, 0.5) is 10.1 Å². The number of nitrogens with zero attached hydrogens (tertiary/aromatic N) is 2. The highest BCUT2D eigenvalue weighted by Gasteiger charge is 2.19. The van der Waals surface area contributed by atoms with Gasteiger partial charge in [0.05, 0.1) is 11.9 Å². The second-order valence-electron chi connectivity index (χ2n) is 3.40. The highest BCUT2D eigenvalue weighted by Crippen LogP contribution is 2.11. The van der Waals surface area contributed by atoms with Gasteiger partial charge >= 0.3 is 0 Å². The molecule has 0 atom stereocenters. The smallest absolute Gasteiger partial charge is 0.271 e. The number of amides is 2. The number of halogens is 1. The molecular weight excluding hydrogens is 227 g/mol. The second kappa shape index (κ2) is 4.69. The number of rotatable bonds is 2. The van der Waals surface area contributed by atoms with Crippen LogP contribution in [0.15, 0.2) is 23.6 Å². The Labute approximate surface area is 95.9 Å². The van der Waals surface area contributed by atoms with Crippen LogP contribution in [0.1, 0.15) is 12.8 Å². The van der Waals surface area contributed by atoms with Crippen molar-refractivity contribution < 1.29 is 14.0 Å². The molecule has 2 N–H and O–H groups in total. The van der Waals surface area contributed by atoms with Crippen molar-refractivity contribution in [1.82, 2.24) is 10.4 Å². The number of hydrogen-bond acceptors (Lipinski definition) is 4. The first-order chi connectivity index (χ1) is 8.16. The maximum absolute atomic E-state index is 13.2. The Kier molecular flexibility index (Phi) is 3.08. The van der Waals surface area contributed by atoms with E-state index in [1.165, 1.54) is 12.3 Å². The third-order valence-electron chi connectivity index (χ3n) is 2.19. The predicted molar refractivity (Wildman–Crippen MR) is 57.6 cm³/mol. The number of pyridine rings is 1. The molecule has 0 aliphatic carbocycles. The topological polar surface area (TPSA) is 83.5 Å². The molecule has 1 aromatic heterocycles. The van der Waals surface area contributed by atoms with Gasteiger partial charge in [-0.25, -0.2) is 9.82 Å². The summed E-state index contributed by atoms with van der Waals surface area (Å²) in [6.45, 7) is 0. The minimum atomic E-state index is -0.624. The Bertz CT molecular complexity index is 501. The van der Waals surface area contributed by atoms with E-state index in [4.69, 9.17) is 0 Å². The van der Waals surface area contributed by atoms with Gasteiger partial charge < -0.3 is 5.32 Å². The molecule has 1 aliphatic rings. The predicted octanol–water partition coefficient (Wildman–Crippen LogP) is 0.425. The van der Waals surface area contributed by atoms with Crippen molar-refractivity contribution in [1.29, 1.82) is 0 Å². The molecule has 17 heavy (non-hydrogen) atoms. The van der Waals surface area contributed by atoms with Crippen molar-refractivity contribution in [2.45, 2.75) is 12.8 Å². The molecule has 2 heterocycles. The Morgan fingerprint density at radius 1 is 1.47 bits per heavy atom. The van der Waals surface area contributed by atoms with Crippen molar-refractivity contribution in [3.63, 3.8) is 0 Å². The van der Waals surface area contributed by atoms with Gasteiger partial charge in [-0.1, -0.05) is 0 Å². The third kappa shape index (κ3) is 2.63. The summed E-state index contributed by atoms with van der Waals surface area (Å²) in [5, 5.41) is 5.96. The molecule has 2 rings (SSSR count). The molecule has 0 saturated carbocycles. The summed E-state index contributed by atoms with van der Waals surface area (Å²) in [7, 11) is 0. The lowest BCUT2D eigenvalue weighted by molar-refractivity contribution is -0.121. The molecule has 0 saturated heterocycles. The van der Waals surface area contributed by atoms with Crippen molar-refractivity contribution in [3.8, 4) is 0 Å². The minimum Gasteiger partial charge on any atom is -0.318 e. The van der Waals surface area contributed by atoms with Crippen LogP contribution >= 0.6 is 0 Å². The van der Waals surface area contributed by atoms with Gasteiger partial charge in [0.15, 0.2) is 5.82 Å². The van der Waals surface area contributed by atoms with Crippen molar-refractivity contribution in [3.05, 3.63) is 24.3 Å². The average Bonchev–Trinajstić information content (AvgIpc) is 2.33. The number of carbonyl (C=O) groups excluding carboxylic acids is 2. The van der Waals surface area contributed by atoms with Crippen LogP contribution in [0.5, 0.6) is 0 Å². The van der Waals surface area contributed by atoms with Crippen LogP contribution in [0, 0.1) is 5.82 Å². The van der Waals surface area contributed by atoms with Gasteiger partial charge in [0.1, 0.15) is 5.71 Å². The molecule has 0 radical (unpaired) electrons. The first-order valence-corrected chi connectivity index (χ1v) is 4.93. The molecule has 1 aliphatic heterocycles. The van der Waals surface area contributed by atoms with Gasteiger partial charge in [-0.05, 0) is 6.07 Å². The van der Waals surface area contributed by atoms with E-state index in [0.29, 0.717) is 0 Å².